The van der Waals surface area contributed by atoms with E-state index in [-0.39, 0.29) is 15.8 Å². The van der Waals surface area contributed by atoms with Gasteiger partial charge in [-0.25, -0.2) is 0 Å². The van der Waals surface area contributed by atoms with E-state index in [2.05, 4.69) is 19.8 Å². The molecule has 0 aliphatic carbocycles. The van der Waals surface area contributed by atoms with E-state index in [0.29, 0.717) is 15.6 Å². The Balaban J connectivity index is 1.75. The molecular weight excluding hydrogens is 399 g/mol. The Morgan fingerprint density at radius 3 is 2.24 bits per heavy atom. The fraction of sp³-hybridized carbons (Fsp3) is 0. The molecule has 0 saturated carbocycles. The van der Waals surface area contributed by atoms with Gasteiger partial charge in [0.15, 0.2) is 10.8 Å². The predicted molar refractivity (Wildman–Crippen MR) is 101 cm³/mol. The molecule has 0 atom stereocenters. The zero-order valence-corrected chi connectivity index (χ0v) is 15.5. The highest BCUT2D eigenvalue weighted by atomic mass is 35.5. The van der Waals surface area contributed by atoms with Gasteiger partial charge < -0.3 is 5.11 Å². The van der Waals surface area contributed by atoms with Gasteiger partial charge in [-0.1, -0.05) is 69.4 Å². The molecule has 5 nitrogen and oxygen atoms in total. The summed E-state index contributed by atoms with van der Waals surface area (Å²) in [6.45, 7) is 0. The summed E-state index contributed by atoms with van der Waals surface area (Å²) in [7, 11) is 0. The van der Waals surface area contributed by atoms with Gasteiger partial charge in [-0.3, -0.25) is 0 Å². The number of phenols is 1. The normalized spacial score (nSPS) is 11.0. The molecule has 0 fully saturated rings. The number of benzene rings is 2. The summed E-state index contributed by atoms with van der Waals surface area (Å²) in [5.74, 6) is -0.144. The monoisotopic (exact) mass is 406 g/mol. The lowest BCUT2D eigenvalue weighted by Crippen LogP contribution is -1.81. The SMILES string of the molecule is Oc1c(Cl)cc(-c2nnc(-c3snnc3-c3ccccc3)s2)cc1Cl. The zero-order valence-electron chi connectivity index (χ0n) is 12.3. The molecule has 2 aromatic heterocycles. The number of halogens is 2. The Kier molecular flexibility index (Phi) is 4.39. The van der Waals surface area contributed by atoms with Crippen molar-refractivity contribution < 1.29 is 5.11 Å². The third kappa shape index (κ3) is 3.11. The number of phenolic OH excluding ortho intramolecular Hbond substituents is 1. The molecule has 0 radical (unpaired) electrons. The number of hydrogen-bond donors (Lipinski definition) is 1. The van der Waals surface area contributed by atoms with Gasteiger partial charge in [0, 0.05) is 11.1 Å². The first-order valence-electron chi connectivity index (χ1n) is 7.03. The van der Waals surface area contributed by atoms with Crippen LogP contribution in [-0.4, -0.2) is 24.9 Å². The summed E-state index contributed by atoms with van der Waals surface area (Å²) in [4.78, 5) is 0.853. The lowest BCUT2D eigenvalue weighted by Gasteiger charge is -2.02. The first-order valence-corrected chi connectivity index (χ1v) is 9.38. The molecule has 2 heterocycles. The van der Waals surface area contributed by atoms with Crippen molar-refractivity contribution in [1.29, 1.82) is 0 Å². The number of aromatic nitrogens is 4. The highest BCUT2D eigenvalue weighted by molar-refractivity contribution is 7.21. The smallest absolute Gasteiger partial charge is 0.162 e. The molecule has 0 spiro atoms. The summed E-state index contributed by atoms with van der Waals surface area (Å²) in [6, 6.07) is 13.0. The number of aromatic hydroxyl groups is 1. The van der Waals surface area contributed by atoms with Crippen molar-refractivity contribution in [2.45, 2.75) is 0 Å². The number of rotatable bonds is 3. The lowest BCUT2D eigenvalue weighted by molar-refractivity contribution is 0.476. The molecular formula is C16H8Cl2N4OS2. The van der Waals surface area contributed by atoms with Crippen molar-refractivity contribution in [3.63, 3.8) is 0 Å². The summed E-state index contributed by atoms with van der Waals surface area (Å²) in [5.41, 5.74) is 2.43. The Bertz CT molecular complexity index is 1030. The van der Waals surface area contributed by atoms with E-state index in [1.54, 1.807) is 12.1 Å². The molecule has 124 valence electrons. The summed E-state index contributed by atoms with van der Waals surface area (Å²) >= 11 is 14.6. The van der Waals surface area contributed by atoms with Crippen LogP contribution in [-0.2, 0) is 0 Å². The minimum absolute atomic E-state index is 0.144. The molecule has 9 heteroatoms. The molecule has 0 unspecified atom stereocenters. The van der Waals surface area contributed by atoms with E-state index < -0.39 is 0 Å². The first kappa shape index (κ1) is 16.4. The fourth-order valence-corrected chi connectivity index (χ4v) is 4.30. The van der Waals surface area contributed by atoms with Gasteiger partial charge >= 0.3 is 0 Å². The van der Waals surface area contributed by atoms with Crippen LogP contribution in [0, 0.1) is 0 Å². The molecule has 4 aromatic rings. The Hall–Kier alpha value is -2.06. The van der Waals surface area contributed by atoms with Gasteiger partial charge in [0.25, 0.3) is 0 Å². The molecule has 2 aromatic carbocycles. The van der Waals surface area contributed by atoms with Crippen LogP contribution in [0.4, 0.5) is 0 Å². The second kappa shape index (κ2) is 6.68. The minimum Gasteiger partial charge on any atom is -0.505 e. The Morgan fingerprint density at radius 2 is 1.52 bits per heavy atom. The number of hydrogen-bond acceptors (Lipinski definition) is 7. The maximum Gasteiger partial charge on any atom is 0.162 e. The molecule has 0 aliphatic rings. The molecule has 0 amide bonds. The second-order valence-electron chi connectivity index (χ2n) is 5.02. The van der Waals surface area contributed by atoms with E-state index in [1.165, 1.54) is 22.9 Å². The molecule has 0 aliphatic heterocycles. The van der Waals surface area contributed by atoms with Crippen LogP contribution in [0.1, 0.15) is 0 Å². The van der Waals surface area contributed by atoms with Crippen molar-refractivity contribution in [3.8, 4) is 37.5 Å². The van der Waals surface area contributed by atoms with E-state index in [9.17, 15) is 5.11 Å². The van der Waals surface area contributed by atoms with E-state index in [4.69, 9.17) is 23.2 Å². The third-order valence-corrected chi connectivity index (χ3v) is 5.85. The van der Waals surface area contributed by atoms with Crippen molar-refractivity contribution in [1.82, 2.24) is 19.8 Å². The fourth-order valence-electron chi connectivity index (χ4n) is 2.24. The van der Waals surface area contributed by atoms with Crippen LogP contribution in [0.25, 0.3) is 31.7 Å². The van der Waals surface area contributed by atoms with Crippen LogP contribution in [0.5, 0.6) is 5.75 Å². The molecule has 1 N–H and O–H groups in total. The Morgan fingerprint density at radius 1 is 0.840 bits per heavy atom. The van der Waals surface area contributed by atoms with Crippen molar-refractivity contribution >= 4 is 46.1 Å². The zero-order chi connectivity index (χ0) is 17.4. The van der Waals surface area contributed by atoms with Crippen molar-refractivity contribution in [2.75, 3.05) is 0 Å². The first-order chi connectivity index (χ1) is 12.1. The quantitative estimate of drug-likeness (QED) is 0.492. The van der Waals surface area contributed by atoms with Crippen LogP contribution in [0.15, 0.2) is 42.5 Å². The van der Waals surface area contributed by atoms with E-state index >= 15 is 0 Å². The maximum absolute atomic E-state index is 9.68. The lowest BCUT2D eigenvalue weighted by atomic mass is 10.1. The van der Waals surface area contributed by atoms with E-state index in [1.807, 2.05) is 30.3 Å². The summed E-state index contributed by atoms with van der Waals surface area (Å²) < 4.78 is 4.05. The second-order valence-corrected chi connectivity index (χ2v) is 7.56. The minimum atomic E-state index is -0.144. The molecule has 4 rings (SSSR count). The summed E-state index contributed by atoms with van der Waals surface area (Å²) in [6.07, 6.45) is 0. The van der Waals surface area contributed by atoms with Gasteiger partial charge in [-0.15, -0.1) is 15.3 Å². The van der Waals surface area contributed by atoms with Gasteiger partial charge in [0.1, 0.15) is 15.6 Å². The highest BCUT2D eigenvalue weighted by Gasteiger charge is 2.18. The van der Waals surface area contributed by atoms with Crippen molar-refractivity contribution in [3.05, 3.63) is 52.5 Å². The summed E-state index contributed by atoms with van der Waals surface area (Å²) in [5, 5.41) is 24.1. The van der Waals surface area contributed by atoms with Crippen LogP contribution >= 0.6 is 46.1 Å². The molecule has 25 heavy (non-hydrogen) atoms. The van der Waals surface area contributed by atoms with Crippen LogP contribution in [0.3, 0.4) is 0 Å². The van der Waals surface area contributed by atoms with Gasteiger partial charge in [0.05, 0.1) is 10.0 Å². The highest BCUT2D eigenvalue weighted by Crippen LogP contribution is 2.40. The van der Waals surface area contributed by atoms with Crippen LogP contribution < -0.4 is 0 Å². The van der Waals surface area contributed by atoms with E-state index in [0.717, 1.165) is 16.1 Å². The Labute approximate surface area is 160 Å². The largest absolute Gasteiger partial charge is 0.505 e. The van der Waals surface area contributed by atoms with Crippen LogP contribution in [0.2, 0.25) is 10.0 Å². The maximum atomic E-state index is 9.68. The number of nitrogens with zero attached hydrogens (tertiary/aromatic N) is 4. The third-order valence-electron chi connectivity index (χ3n) is 3.42. The average Bonchev–Trinajstić information content (AvgIpc) is 3.29. The van der Waals surface area contributed by atoms with Gasteiger partial charge in [-0.2, -0.15) is 0 Å². The molecule has 0 saturated heterocycles. The van der Waals surface area contributed by atoms with Gasteiger partial charge in [0.2, 0.25) is 0 Å². The predicted octanol–water partition coefficient (Wildman–Crippen LogP) is 5.40. The van der Waals surface area contributed by atoms with Gasteiger partial charge in [-0.05, 0) is 23.7 Å². The standard InChI is InChI=1S/C16H8Cl2N4OS2/c17-10-6-9(7-11(18)13(10)23)15-20-21-16(24-15)14-12(19-22-25-14)8-4-2-1-3-5-8/h1-7,23H. The topological polar surface area (TPSA) is 71.8 Å². The molecule has 0 bridgehead atoms. The van der Waals surface area contributed by atoms with Crippen molar-refractivity contribution in [2.24, 2.45) is 0 Å². The average molecular weight is 407 g/mol.